The van der Waals surface area contributed by atoms with Crippen molar-refractivity contribution in [2.24, 2.45) is 5.92 Å². The van der Waals surface area contributed by atoms with Crippen molar-refractivity contribution in [3.8, 4) is 5.75 Å². The van der Waals surface area contributed by atoms with E-state index in [0.29, 0.717) is 19.0 Å². The lowest BCUT2D eigenvalue weighted by atomic mass is 9.97. The average molecular weight is 344 g/mol. The van der Waals surface area contributed by atoms with E-state index >= 15 is 0 Å². The molecule has 1 N–H and O–H groups in total. The van der Waals surface area contributed by atoms with Crippen molar-refractivity contribution in [1.82, 2.24) is 10.2 Å². The Morgan fingerprint density at radius 3 is 2.42 bits per heavy atom. The number of piperidine rings is 1. The number of carbonyl (C=O) groups excluding carboxylic acids is 1. The molecule has 1 saturated heterocycles. The molecule has 0 aromatic heterocycles. The van der Waals surface area contributed by atoms with E-state index in [-0.39, 0.29) is 18.3 Å². The lowest BCUT2D eigenvalue weighted by Crippen LogP contribution is -2.42. The number of rotatable bonds is 6. The molecule has 1 heterocycles. The minimum Gasteiger partial charge on any atom is -0.484 e. The fraction of sp³-hybridized carbons (Fsp3) is 0.588. The van der Waals surface area contributed by atoms with Crippen LogP contribution in [-0.2, 0) is 11.0 Å². The van der Waals surface area contributed by atoms with Gasteiger partial charge in [-0.3, -0.25) is 4.79 Å². The van der Waals surface area contributed by atoms with E-state index in [2.05, 4.69) is 12.2 Å². The smallest absolute Gasteiger partial charge is 0.416 e. The van der Waals surface area contributed by atoms with E-state index in [1.807, 2.05) is 0 Å². The van der Waals surface area contributed by atoms with Crippen LogP contribution in [0.1, 0.15) is 25.3 Å². The number of amides is 1. The number of hydrogen-bond donors (Lipinski definition) is 1. The number of nitrogens with zero attached hydrogens (tertiary/aromatic N) is 1. The van der Waals surface area contributed by atoms with Crippen LogP contribution < -0.4 is 10.1 Å². The Labute approximate surface area is 140 Å². The summed E-state index contributed by atoms with van der Waals surface area (Å²) in [5.41, 5.74) is -0.732. The van der Waals surface area contributed by atoms with Crippen LogP contribution in [-0.4, -0.2) is 43.6 Å². The third-order valence-electron chi connectivity index (χ3n) is 4.19. The minimum absolute atomic E-state index is 0.128. The van der Waals surface area contributed by atoms with Gasteiger partial charge in [-0.15, -0.1) is 0 Å². The van der Waals surface area contributed by atoms with Gasteiger partial charge in [-0.05, 0) is 56.1 Å². The highest BCUT2D eigenvalue weighted by molar-refractivity contribution is 5.77. The molecule has 1 fully saturated rings. The largest absolute Gasteiger partial charge is 0.484 e. The summed E-state index contributed by atoms with van der Waals surface area (Å²) in [6, 6.07) is 4.37. The predicted octanol–water partition coefficient (Wildman–Crippen LogP) is 2.93. The average Bonchev–Trinajstić information content (AvgIpc) is 2.58. The number of carbonyl (C=O) groups is 1. The van der Waals surface area contributed by atoms with Crippen LogP contribution in [0.15, 0.2) is 24.3 Å². The molecule has 0 aliphatic carbocycles. The number of ether oxygens (including phenoxy) is 1. The molecule has 1 amide bonds. The molecule has 7 heteroatoms. The summed E-state index contributed by atoms with van der Waals surface area (Å²) >= 11 is 0. The van der Waals surface area contributed by atoms with Gasteiger partial charge in [0.1, 0.15) is 5.75 Å². The van der Waals surface area contributed by atoms with Crippen molar-refractivity contribution in [2.45, 2.75) is 25.9 Å². The van der Waals surface area contributed by atoms with Crippen molar-refractivity contribution in [2.75, 3.05) is 32.8 Å². The van der Waals surface area contributed by atoms with Crippen molar-refractivity contribution < 1.29 is 22.7 Å². The SMILES string of the molecule is CCNCC1CCN(C(=O)COc2ccc(C(F)(F)F)cc2)CC1. The molecule has 134 valence electrons. The van der Waals surface area contributed by atoms with E-state index in [1.54, 1.807) is 4.90 Å². The first kappa shape index (κ1) is 18.6. The van der Waals surface area contributed by atoms with Gasteiger partial charge in [-0.25, -0.2) is 0 Å². The number of nitrogens with one attached hydrogen (secondary N) is 1. The molecule has 0 saturated carbocycles. The Balaban J connectivity index is 1.75. The van der Waals surface area contributed by atoms with Gasteiger partial charge in [-0.2, -0.15) is 13.2 Å². The maximum Gasteiger partial charge on any atom is 0.416 e. The zero-order valence-corrected chi connectivity index (χ0v) is 13.7. The standard InChI is InChI=1S/C17H23F3N2O2/c1-2-21-11-13-7-9-22(10-8-13)16(23)12-24-15-5-3-14(4-6-15)17(18,19)20/h3-6,13,21H,2,7-12H2,1H3. The number of hydrogen-bond acceptors (Lipinski definition) is 3. The highest BCUT2D eigenvalue weighted by Gasteiger charge is 2.30. The molecule has 0 bridgehead atoms. The van der Waals surface area contributed by atoms with Crippen molar-refractivity contribution in [3.63, 3.8) is 0 Å². The first-order chi connectivity index (χ1) is 11.4. The molecule has 0 radical (unpaired) electrons. The molecule has 4 nitrogen and oxygen atoms in total. The Morgan fingerprint density at radius 2 is 1.88 bits per heavy atom. The molecule has 1 aromatic rings. The third kappa shape index (κ3) is 5.40. The quantitative estimate of drug-likeness (QED) is 0.863. The van der Waals surface area contributed by atoms with E-state index in [1.165, 1.54) is 12.1 Å². The molecule has 2 rings (SSSR count). The van der Waals surface area contributed by atoms with Crippen molar-refractivity contribution in [3.05, 3.63) is 29.8 Å². The third-order valence-corrected chi connectivity index (χ3v) is 4.19. The Bertz CT molecular complexity index is 524. The van der Waals surface area contributed by atoms with Gasteiger partial charge >= 0.3 is 6.18 Å². The van der Waals surface area contributed by atoms with Crippen LogP contribution in [0.5, 0.6) is 5.75 Å². The van der Waals surface area contributed by atoms with E-state index in [4.69, 9.17) is 4.74 Å². The number of likely N-dealkylation sites (tertiary alicyclic amines) is 1. The second-order valence-corrected chi connectivity index (χ2v) is 5.94. The van der Waals surface area contributed by atoms with E-state index < -0.39 is 11.7 Å². The first-order valence-corrected chi connectivity index (χ1v) is 8.18. The topological polar surface area (TPSA) is 41.6 Å². The van der Waals surface area contributed by atoms with Gasteiger partial charge in [-0.1, -0.05) is 6.92 Å². The second kappa shape index (κ2) is 8.37. The van der Waals surface area contributed by atoms with Crippen LogP contribution in [0.25, 0.3) is 0 Å². The van der Waals surface area contributed by atoms with Gasteiger partial charge in [0.05, 0.1) is 5.56 Å². The number of alkyl halides is 3. The Hall–Kier alpha value is -1.76. The molecular weight excluding hydrogens is 321 g/mol. The summed E-state index contributed by atoms with van der Waals surface area (Å²) in [6.45, 7) is 5.23. The fourth-order valence-corrected chi connectivity index (χ4v) is 2.71. The minimum atomic E-state index is -4.37. The fourth-order valence-electron chi connectivity index (χ4n) is 2.71. The molecule has 24 heavy (non-hydrogen) atoms. The van der Waals surface area contributed by atoms with Crippen LogP contribution in [0, 0.1) is 5.92 Å². The lowest BCUT2D eigenvalue weighted by molar-refractivity contribution is -0.138. The van der Waals surface area contributed by atoms with Crippen LogP contribution in [0.3, 0.4) is 0 Å². The molecule has 0 unspecified atom stereocenters. The van der Waals surface area contributed by atoms with Crippen molar-refractivity contribution >= 4 is 5.91 Å². The summed E-state index contributed by atoms with van der Waals surface area (Å²) in [6.07, 6.45) is -2.45. The molecular formula is C17H23F3N2O2. The van der Waals surface area contributed by atoms with Gasteiger partial charge in [0.25, 0.3) is 5.91 Å². The maximum atomic E-state index is 12.5. The summed E-state index contributed by atoms with van der Waals surface area (Å²) in [5.74, 6) is 0.722. The van der Waals surface area contributed by atoms with Crippen LogP contribution in [0.2, 0.25) is 0 Å². The lowest BCUT2D eigenvalue weighted by Gasteiger charge is -2.32. The maximum absolute atomic E-state index is 12.5. The van der Waals surface area contributed by atoms with Crippen LogP contribution in [0.4, 0.5) is 13.2 Å². The van der Waals surface area contributed by atoms with Gasteiger partial charge in [0.2, 0.25) is 0 Å². The highest BCUT2D eigenvalue weighted by atomic mass is 19.4. The zero-order chi connectivity index (χ0) is 17.6. The van der Waals surface area contributed by atoms with Gasteiger partial charge in [0.15, 0.2) is 6.61 Å². The van der Waals surface area contributed by atoms with E-state index in [0.717, 1.165) is 38.1 Å². The summed E-state index contributed by atoms with van der Waals surface area (Å²) in [4.78, 5) is 13.9. The Morgan fingerprint density at radius 1 is 1.25 bits per heavy atom. The molecule has 0 atom stereocenters. The summed E-state index contributed by atoms with van der Waals surface area (Å²) < 4.78 is 42.7. The number of benzene rings is 1. The van der Waals surface area contributed by atoms with Crippen molar-refractivity contribution in [1.29, 1.82) is 0 Å². The monoisotopic (exact) mass is 344 g/mol. The molecule has 0 spiro atoms. The highest BCUT2D eigenvalue weighted by Crippen LogP contribution is 2.30. The molecule has 1 aromatic carbocycles. The summed E-state index contributed by atoms with van der Waals surface area (Å²) in [7, 11) is 0. The van der Waals surface area contributed by atoms with Crippen LogP contribution >= 0.6 is 0 Å². The van der Waals surface area contributed by atoms with Gasteiger partial charge < -0.3 is 15.0 Å². The Kier molecular flexibility index (Phi) is 6.48. The second-order valence-electron chi connectivity index (χ2n) is 5.94. The first-order valence-electron chi connectivity index (χ1n) is 8.18. The predicted molar refractivity (Wildman–Crippen MR) is 84.8 cm³/mol. The molecule has 1 aliphatic heterocycles. The summed E-state index contributed by atoms with van der Waals surface area (Å²) in [5, 5.41) is 3.32. The number of halogens is 3. The van der Waals surface area contributed by atoms with E-state index in [9.17, 15) is 18.0 Å². The zero-order valence-electron chi connectivity index (χ0n) is 13.7. The normalized spacial score (nSPS) is 16.2. The van der Waals surface area contributed by atoms with Gasteiger partial charge in [0, 0.05) is 13.1 Å². The molecule has 1 aliphatic rings.